The Balaban J connectivity index is 1.87. The van der Waals surface area contributed by atoms with Crippen LogP contribution in [0.1, 0.15) is 11.1 Å². The summed E-state index contributed by atoms with van der Waals surface area (Å²) in [5.74, 6) is 0.589. The van der Waals surface area contributed by atoms with E-state index in [1.54, 1.807) is 18.2 Å². The van der Waals surface area contributed by atoms with E-state index in [-0.39, 0.29) is 5.69 Å². The van der Waals surface area contributed by atoms with Crippen LogP contribution < -0.4 is 4.72 Å². The highest BCUT2D eigenvalue weighted by Crippen LogP contribution is 2.31. The van der Waals surface area contributed by atoms with Gasteiger partial charge in [-0.15, -0.1) is 0 Å². The highest BCUT2D eigenvalue weighted by molar-refractivity contribution is 8.00. The summed E-state index contributed by atoms with van der Waals surface area (Å²) in [7, 11) is 0. The quantitative estimate of drug-likeness (QED) is 0.329. The van der Waals surface area contributed by atoms with Crippen molar-refractivity contribution in [1.82, 2.24) is 4.98 Å². The van der Waals surface area contributed by atoms with Gasteiger partial charge in [0, 0.05) is 33.7 Å². The molecule has 0 amide bonds. The molecule has 132 valence electrons. The number of pyridine rings is 1. The number of aromatic nitrogens is 1. The zero-order chi connectivity index (χ0) is 18.7. The molecule has 26 heavy (non-hydrogen) atoms. The van der Waals surface area contributed by atoms with E-state index in [4.69, 9.17) is 11.6 Å². The van der Waals surface area contributed by atoms with Crippen molar-refractivity contribution in [2.45, 2.75) is 18.7 Å². The lowest BCUT2D eigenvalue weighted by Gasteiger charge is -2.12. The Bertz CT molecular complexity index is 958. The molecule has 5 nitrogen and oxygen atoms in total. The molecule has 2 aromatic carbocycles. The molecule has 0 unspecified atom stereocenters. The van der Waals surface area contributed by atoms with Crippen LogP contribution in [0, 0.1) is 24.0 Å². The number of aryl methyl sites for hydroxylation is 2. The fourth-order valence-electron chi connectivity index (χ4n) is 2.67. The van der Waals surface area contributed by atoms with Crippen LogP contribution in [-0.2, 0) is 0 Å². The standard InChI is InChI=1S/C19H16ClN3O2S/c1-12-5-3-6-13(2)19(12)17-9-14(20)10-18(21-17)22-26-16-8-4-7-15(11-16)23(24)25/h3-11H,1-2H3,(H,21,22). The third kappa shape index (κ3) is 4.15. The molecular weight excluding hydrogens is 370 g/mol. The molecule has 0 aliphatic carbocycles. The van der Waals surface area contributed by atoms with E-state index in [9.17, 15) is 10.1 Å². The van der Waals surface area contributed by atoms with Gasteiger partial charge in [-0.25, -0.2) is 4.98 Å². The summed E-state index contributed by atoms with van der Waals surface area (Å²) >= 11 is 7.53. The zero-order valence-electron chi connectivity index (χ0n) is 14.2. The van der Waals surface area contributed by atoms with E-state index in [0.717, 1.165) is 27.3 Å². The Morgan fingerprint density at radius 2 is 1.77 bits per heavy atom. The monoisotopic (exact) mass is 385 g/mol. The van der Waals surface area contributed by atoms with E-state index in [1.807, 2.05) is 38.1 Å². The zero-order valence-corrected chi connectivity index (χ0v) is 15.8. The Morgan fingerprint density at radius 3 is 2.46 bits per heavy atom. The lowest BCUT2D eigenvalue weighted by molar-refractivity contribution is -0.385. The fourth-order valence-corrected chi connectivity index (χ4v) is 3.53. The first kappa shape index (κ1) is 18.2. The van der Waals surface area contributed by atoms with Crippen LogP contribution >= 0.6 is 23.5 Å². The van der Waals surface area contributed by atoms with E-state index in [2.05, 4.69) is 9.71 Å². The van der Waals surface area contributed by atoms with Gasteiger partial charge in [0.1, 0.15) is 5.82 Å². The van der Waals surface area contributed by atoms with Gasteiger partial charge in [-0.05, 0) is 49.1 Å². The second kappa shape index (κ2) is 7.76. The minimum Gasteiger partial charge on any atom is -0.310 e. The first-order valence-corrected chi connectivity index (χ1v) is 9.05. The van der Waals surface area contributed by atoms with E-state index < -0.39 is 4.92 Å². The minimum atomic E-state index is -0.416. The van der Waals surface area contributed by atoms with Gasteiger partial charge in [-0.2, -0.15) is 0 Å². The largest absolute Gasteiger partial charge is 0.310 e. The summed E-state index contributed by atoms with van der Waals surface area (Å²) in [6.45, 7) is 4.08. The van der Waals surface area contributed by atoms with Gasteiger partial charge in [-0.1, -0.05) is 35.9 Å². The molecule has 1 heterocycles. The Kier molecular flexibility index (Phi) is 5.44. The summed E-state index contributed by atoms with van der Waals surface area (Å²) in [6, 6.07) is 16.1. The highest BCUT2D eigenvalue weighted by atomic mass is 35.5. The van der Waals surface area contributed by atoms with Gasteiger partial charge in [0.05, 0.1) is 10.6 Å². The fraction of sp³-hybridized carbons (Fsp3) is 0.105. The maximum absolute atomic E-state index is 10.9. The lowest BCUT2D eigenvalue weighted by atomic mass is 10.00. The van der Waals surface area contributed by atoms with Crippen LogP contribution in [0.3, 0.4) is 0 Å². The third-order valence-electron chi connectivity index (χ3n) is 3.83. The minimum absolute atomic E-state index is 0.0482. The number of nitrogens with one attached hydrogen (secondary N) is 1. The summed E-state index contributed by atoms with van der Waals surface area (Å²) < 4.78 is 3.12. The van der Waals surface area contributed by atoms with Crippen molar-refractivity contribution in [3.8, 4) is 11.3 Å². The molecule has 1 aromatic heterocycles. The van der Waals surface area contributed by atoms with Gasteiger partial charge in [0.2, 0.25) is 0 Å². The number of anilines is 1. The lowest BCUT2D eigenvalue weighted by Crippen LogP contribution is -1.96. The number of benzene rings is 2. The molecule has 7 heteroatoms. The smallest absolute Gasteiger partial charge is 0.270 e. The molecule has 3 aromatic rings. The number of hydrogen-bond donors (Lipinski definition) is 1. The molecule has 0 saturated carbocycles. The normalized spacial score (nSPS) is 10.6. The van der Waals surface area contributed by atoms with Crippen LogP contribution in [0.2, 0.25) is 5.02 Å². The molecule has 0 spiro atoms. The second-order valence-electron chi connectivity index (χ2n) is 5.78. The van der Waals surface area contributed by atoms with Gasteiger partial charge in [0.25, 0.3) is 5.69 Å². The van der Waals surface area contributed by atoms with Gasteiger partial charge < -0.3 is 4.72 Å². The van der Waals surface area contributed by atoms with Gasteiger partial charge in [0.15, 0.2) is 0 Å². The van der Waals surface area contributed by atoms with Crippen molar-refractivity contribution in [3.05, 3.63) is 80.9 Å². The summed E-state index contributed by atoms with van der Waals surface area (Å²) in [5, 5.41) is 11.5. The SMILES string of the molecule is Cc1cccc(C)c1-c1cc(Cl)cc(NSc2cccc([N+](=O)[O-])c2)n1. The number of hydrogen-bond acceptors (Lipinski definition) is 5. The number of halogens is 1. The molecule has 0 fully saturated rings. The number of rotatable bonds is 5. The number of nitro benzene ring substituents is 1. The first-order valence-electron chi connectivity index (χ1n) is 7.85. The maximum Gasteiger partial charge on any atom is 0.270 e. The molecule has 0 atom stereocenters. The Labute approximate surface area is 160 Å². The number of non-ortho nitro benzene ring substituents is 1. The average molecular weight is 386 g/mol. The molecule has 0 saturated heterocycles. The van der Waals surface area contributed by atoms with Crippen molar-refractivity contribution in [1.29, 1.82) is 0 Å². The van der Waals surface area contributed by atoms with Crippen molar-refractivity contribution < 1.29 is 4.92 Å². The summed E-state index contributed by atoms with van der Waals surface area (Å²) in [4.78, 5) is 15.8. The third-order valence-corrected chi connectivity index (χ3v) is 4.85. The van der Waals surface area contributed by atoms with Crippen molar-refractivity contribution in [3.63, 3.8) is 0 Å². The molecule has 3 rings (SSSR count). The molecular formula is C19H16ClN3O2S. The Morgan fingerprint density at radius 1 is 1.08 bits per heavy atom. The average Bonchev–Trinajstić information content (AvgIpc) is 2.60. The van der Waals surface area contributed by atoms with Crippen LogP contribution in [0.15, 0.2) is 59.5 Å². The number of nitrogens with zero attached hydrogens (tertiary/aromatic N) is 2. The highest BCUT2D eigenvalue weighted by Gasteiger charge is 2.11. The van der Waals surface area contributed by atoms with E-state index in [0.29, 0.717) is 10.8 Å². The van der Waals surface area contributed by atoms with E-state index >= 15 is 0 Å². The Hall–Kier alpha value is -2.57. The van der Waals surface area contributed by atoms with Crippen LogP contribution in [-0.4, -0.2) is 9.91 Å². The first-order chi connectivity index (χ1) is 12.4. The molecule has 0 aliphatic rings. The van der Waals surface area contributed by atoms with Crippen molar-refractivity contribution in [2.75, 3.05) is 4.72 Å². The second-order valence-corrected chi connectivity index (χ2v) is 7.10. The van der Waals surface area contributed by atoms with Gasteiger partial charge >= 0.3 is 0 Å². The number of nitro groups is 1. The van der Waals surface area contributed by atoms with Crippen molar-refractivity contribution in [2.24, 2.45) is 0 Å². The van der Waals surface area contributed by atoms with Crippen LogP contribution in [0.4, 0.5) is 11.5 Å². The maximum atomic E-state index is 10.9. The molecule has 0 bridgehead atoms. The van der Waals surface area contributed by atoms with Gasteiger partial charge in [-0.3, -0.25) is 10.1 Å². The summed E-state index contributed by atoms with van der Waals surface area (Å²) in [6.07, 6.45) is 0. The molecule has 0 radical (unpaired) electrons. The molecule has 0 aliphatic heterocycles. The van der Waals surface area contributed by atoms with Crippen LogP contribution in [0.25, 0.3) is 11.3 Å². The van der Waals surface area contributed by atoms with E-state index in [1.165, 1.54) is 24.1 Å². The predicted molar refractivity (Wildman–Crippen MR) is 107 cm³/mol. The van der Waals surface area contributed by atoms with Crippen molar-refractivity contribution >= 4 is 35.1 Å². The van der Waals surface area contributed by atoms with Crippen LogP contribution in [0.5, 0.6) is 0 Å². The summed E-state index contributed by atoms with van der Waals surface area (Å²) in [5.41, 5.74) is 4.13. The predicted octanol–water partition coefficient (Wildman–Crippen LogP) is 6.05. The molecule has 1 N–H and O–H groups in total. The topological polar surface area (TPSA) is 68.1 Å².